The molecule has 36 heavy (non-hydrogen) atoms. The molecule has 2 unspecified atom stereocenters. The molecule has 0 saturated carbocycles. The second-order valence-electron chi connectivity index (χ2n) is 8.24. The van der Waals surface area contributed by atoms with E-state index in [0.717, 1.165) is 0 Å². The van der Waals surface area contributed by atoms with E-state index in [1.807, 2.05) is 13.8 Å². The van der Waals surface area contributed by atoms with Crippen molar-refractivity contribution in [2.75, 3.05) is 26.4 Å². The Labute approximate surface area is 209 Å². The zero-order chi connectivity index (χ0) is 27.3. The summed E-state index contributed by atoms with van der Waals surface area (Å²) in [6.07, 6.45) is -2.31. The summed E-state index contributed by atoms with van der Waals surface area (Å²) in [5.74, 6) is -2.83. The Hall–Kier alpha value is -3.54. The number of nitrogens with two attached hydrogens (primary N) is 1. The molecule has 12 nitrogen and oxygen atoms in total. The fourth-order valence-electron chi connectivity index (χ4n) is 3.14. The van der Waals surface area contributed by atoms with Crippen LogP contribution in [-0.2, 0) is 23.7 Å². The third kappa shape index (κ3) is 10.4. The Kier molecular flexibility index (Phi) is 13.1. The van der Waals surface area contributed by atoms with Gasteiger partial charge in [-0.1, -0.05) is 26.8 Å². The second kappa shape index (κ2) is 15.5. The minimum Gasteiger partial charge on any atom is -0.480 e. The quantitative estimate of drug-likeness (QED) is 0.220. The number of carboxylic acids is 1. The molecule has 0 amide bonds. The van der Waals surface area contributed by atoms with Crippen LogP contribution in [0.15, 0.2) is 18.2 Å². The number of carbonyl (C=O) groups excluding carboxylic acids is 3. The Morgan fingerprint density at radius 1 is 0.861 bits per heavy atom. The first-order chi connectivity index (χ1) is 17.0. The predicted molar refractivity (Wildman–Crippen MR) is 126 cm³/mol. The number of carboxylic acid groups (broad SMARTS) is 1. The molecule has 0 aromatic heterocycles. The standard InChI is InChI=1S/C24H35NO11/c1-6-31-23(29)35-17-9-8-16(12-18(17)36-24(30)32-7-2)19(20(25)21(26)27)15(5)13-34-22(28)33-11-10-14(3)4/h8-9,12,14-15,19-20H,6-7,10-11,13,25H2,1-5H3,(H,26,27)/t15?,19?,20-/m0/s1. The van der Waals surface area contributed by atoms with Crippen molar-refractivity contribution in [3.63, 3.8) is 0 Å². The lowest BCUT2D eigenvalue weighted by Gasteiger charge is -2.27. The lowest BCUT2D eigenvalue weighted by Crippen LogP contribution is -2.40. The van der Waals surface area contributed by atoms with Gasteiger partial charge >= 0.3 is 24.4 Å². The number of rotatable bonds is 13. The van der Waals surface area contributed by atoms with Gasteiger partial charge in [0.05, 0.1) is 26.4 Å². The molecule has 0 aliphatic heterocycles. The summed E-state index contributed by atoms with van der Waals surface area (Å²) in [6.45, 7) is 8.85. The molecule has 1 aromatic carbocycles. The van der Waals surface area contributed by atoms with Gasteiger partial charge in [-0.15, -0.1) is 0 Å². The van der Waals surface area contributed by atoms with Crippen molar-refractivity contribution in [1.29, 1.82) is 0 Å². The van der Waals surface area contributed by atoms with Gasteiger partial charge in [0.2, 0.25) is 0 Å². The fourth-order valence-corrected chi connectivity index (χ4v) is 3.14. The smallest absolute Gasteiger partial charge is 0.480 e. The monoisotopic (exact) mass is 513 g/mol. The van der Waals surface area contributed by atoms with E-state index in [9.17, 15) is 24.3 Å². The summed E-state index contributed by atoms with van der Waals surface area (Å²) in [5.41, 5.74) is 6.29. The number of benzene rings is 1. The summed E-state index contributed by atoms with van der Waals surface area (Å²) >= 11 is 0. The van der Waals surface area contributed by atoms with Gasteiger partial charge in [0.1, 0.15) is 6.04 Å². The summed E-state index contributed by atoms with van der Waals surface area (Å²) in [7, 11) is 0. The van der Waals surface area contributed by atoms with Gasteiger partial charge < -0.3 is 39.3 Å². The molecule has 0 spiro atoms. The SMILES string of the molecule is CCOC(=O)Oc1ccc(C(C(C)COC(=O)OCCC(C)C)[C@H](N)C(=O)O)cc1OC(=O)OCC. The van der Waals surface area contributed by atoms with Crippen LogP contribution in [0.4, 0.5) is 14.4 Å². The second-order valence-corrected chi connectivity index (χ2v) is 8.24. The summed E-state index contributed by atoms with van der Waals surface area (Å²) < 4.78 is 29.9. The van der Waals surface area contributed by atoms with E-state index in [2.05, 4.69) is 0 Å². The topological polar surface area (TPSA) is 170 Å². The minimum atomic E-state index is -1.41. The Morgan fingerprint density at radius 3 is 1.97 bits per heavy atom. The van der Waals surface area contributed by atoms with E-state index < -0.39 is 42.3 Å². The number of hydrogen-bond acceptors (Lipinski definition) is 11. The van der Waals surface area contributed by atoms with Crippen LogP contribution in [0, 0.1) is 11.8 Å². The van der Waals surface area contributed by atoms with E-state index in [4.69, 9.17) is 34.2 Å². The number of hydrogen-bond donors (Lipinski definition) is 2. The van der Waals surface area contributed by atoms with Gasteiger partial charge in [0.25, 0.3) is 0 Å². The molecule has 0 heterocycles. The molecular weight excluding hydrogens is 478 g/mol. The first kappa shape index (κ1) is 30.5. The van der Waals surface area contributed by atoms with Crippen LogP contribution in [0.3, 0.4) is 0 Å². The van der Waals surface area contributed by atoms with Crippen molar-refractivity contribution in [3.05, 3.63) is 23.8 Å². The minimum absolute atomic E-state index is 0.0285. The highest BCUT2D eigenvalue weighted by Gasteiger charge is 2.33. The van der Waals surface area contributed by atoms with Crippen molar-refractivity contribution in [3.8, 4) is 11.5 Å². The van der Waals surface area contributed by atoms with Crippen molar-refractivity contribution < 1.29 is 52.7 Å². The third-order valence-electron chi connectivity index (χ3n) is 4.93. The van der Waals surface area contributed by atoms with Crippen LogP contribution >= 0.6 is 0 Å². The summed E-state index contributed by atoms with van der Waals surface area (Å²) in [6, 6.07) is 2.65. The number of aliphatic carboxylic acids is 1. The van der Waals surface area contributed by atoms with Crippen LogP contribution in [0.25, 0.3) is 0 Å². The van der Waals surface area contributed by atoms with Gasteiger partial charge in [0, 0.05) is 5.92 Å². The third-order valence-corrected chi connectivity index (χ3v) is 4.93. The first-order valence-electron chi connectivity index (χ1n) is 11.6. The number of ether oxygens (including phenoxy) is 6. The van der Waals surface area contributed by atoms with Crippen LogP contribution in [-0.4, -0.2) is 62.0 Å². The molecule has 0 aliphatic rings. The van der Waals surface area contributed by atoms with Crippen LogP contribution in [0.5, 0.6) is 11.5 Å². The average molecular weight is 514 g/mol. The highest BCUT2D eigenvalue weighted by atomic mass is 16.7. The number of carbonyl (C=O) groups is 4. The van der Waals surface area contributed by atoms with Crippen LogP contribution < -0.4 is 15.2 Å². The fraction of sp³-hybridized carbons (Fsp3) is 0.583. The normalized spacial score (nSPS) is 13.2. The Morgan fingerprint density at radius 2 is 1.44 bits per heavy atom. The highest BCUT2D eigenvalue weighted by molar-refractivity contribution is 5.75. The Balaban J connectivity index is 3.19. The van der Waals surface area contributed by atoms with Crippen molar-refractivity contribution in [2.24, 2.45) is 17.6 Å². The predicted octanol–water partition coefficient (Wildman–Crippen LogP) is 4.09. The molecule has 12 heteroatoms. The van der Waals surface area contributed by atoms with Gasteiger partial charge in [-0.05, 0) is 49.8 Å². The van der Waals surface area contributed by atoms with Gasteiger partial charge in [-0.25, -0.2) is 14.4 Å². The summed E-state index contributed by atoms with van der Waals surface area (Å²) in [4.78, 5) is 47.4. The molecule has 3 N–H and O–H groups in total. The molecule has 3 atom stereocenters. The first-order valence-corrected chi connectivity index (χ1v) is 11.6. The molecule has 0 radical (unpaired) electrons. The van der Waals surface area contributed by atoms with E-state index in [0.29, 0.717) is 17.9 Å². The Bertz CT molecular complexity index is 887. The molecule has 202 valence electrons. The van der Waals surface area contributed by atoms with Gasteiger partial charge in [-0.3, -0.25) is 4.79 Å². The van der Waals surface area contributed by atoms with Gasteiger partial charge in [0.15, 0.2) is 11.5 Å². The average Bonchev–Trinajstić information content (AvgIpc) is 2.79. The summed E-state index contributed by atoms with van der Waals surface area (Å²) in [5, 5.41) is 9.58. The lowest BCUT2D eigenvalue weighted by atomic mass is 9.82. The molecular formula is C24H35NO11. The molecule has 0 bridgehead atoms. The molecule has 0 aliphatic carbocycles. The van der Waals surface area contributed by atoms with E-state index in [1.165, 1.54) is 18.2 Å². The van der Waals surface area contributed by atoms with E-state index in [1.54, 1.807) is 20.8 Å². The van der Waals surface area contributed by atoms with Crippen molar-refractivity contribution >= 4 is 24.4 Å². The lowest BCUT2D eigenvalue weighted by molar-refractivity contribution is -0.139. The van der Waals surface area contributed by atoms with Gasteiger partial charge in [-0.2, -0.15) is 0 Å². The van der Waals surface area contributed by atoms with Crippen LogP contribution in [0.1, 0.15) is 52.5 Å². The molecule has 0 saturated heterocycles. The zero-order valence-electron chi connectivity index (χ0n) is 21.2. The molecule has 1 aromatic rings. The van der Waals surface area contributed by atoms with E-state index >= 15 is 0 Å². The molecule has 0 fully saturated rings. The van der Waals surface area contributed by atoms with E-state index in [-0.39, 0.29) is 37.9 Å². The maximum atomic E-state index is 11.9. The van der Waals surface area contributed by atoms with Crippen molar-refractivity contribution in [2.45, 2.75) is 53.0 Å². The maximum absolute atomic E-state index is 11.9. The zero-order valence-corrected chi connectivity index (χ0v) is 21.2. The largest absolute Gasteiger partial charge is 0.513 e. The van der Waals surface area contributed by atoms with Crippen molar-refractivity contribution in [1.82, 2.24) is 0 Å². The molecule has 1 rings (SSSR count). The van der Waals surface area contributed by atoms with Crippen LogP contribution in [0.2, 0.25) is 0 Å². The maximum Gasteiger partial charge on any atom is 0.513 e. The highest BCUT2D eigenvalue weighted by Crippen LogP contribution is 2.36.